The molecule has 6 heteroatoms. The lowest BCUT2D eigenvalue weighted by atomic mass is 10.4. The zero-order chi connectivity index (χ0) is 10.8. The summed E-state index contributed by atoms with van der Waals surface area (Å²) in [5, 5.41) is 13.0. The number of ether oxygens (including phenoxy) is 1. The minimum Gasteiger partial charge on any atom is -0.490 e. The van der Waals surface area contributed by atoms with E-state index in [9.17, 15) is 0 Å². The highest BCUT2D eigenvalue weighted by Crippen LogP contribution is 2.23. The summed E-state index contributed by atoms with van der Waals surface area (Å²) in [6.07, 6.45) is 1.77. The third kappa shape index (κ3) is 1.95. The molecule has 2 aromatic rings. The van der Waals surface area contributed by atoms with Gasteiger partial charge in [-0.3, -0.25) is 0 Å². The summed E-state index contributed by atoms with van der Waals surface area (Å²) < 4.78 is 7.86. The molecule has 15 heavy (non-hydrogen) atoms. The minimum absolute atomic E-state index is 0.176. The number of aromatic nitrogens is 3. The van der Waals surface area contributed by atoms with Crippen molar-refractivity contribution in [2.45, 2.75) is 13.5 Å². The van der Waals surface area contributed by atoms with Crippen LogP contribution in [-0.4, -0.2) is 26.3 Å². The lowest BCUT2D eigenvalue weighted by molar-refractivity contribution is 0.271. The number of aliphatic hydroxyl groups is 1. The Morgan fingerprint density at radius 3 is 3.07 bits per heavy atom. The molecule has 2 rings (SSSR count). The van der Waals surface area contributed by atoms with Gasteiger partial charge in [0, 0.05) is 10.7 Å². The first-order valence-corrected chi connectivity index (χ1v) is 5.32. The van der Waals surface area contributed by atoms with Crippen LogP contribution in [0.5, 0.6) is 5.75 Å². The van der Waals surface area contributed by atoms with Gasteiger partial charge in [-0.1, -0.05) is 0 Å². The average Bonchev–Trinajstić information content (AvgIpc) is 2.61. The van der Waals surface area contributed by atoms with Gasteiger partial charge in [-0.15, -0.1) is 5.10 Å². The van der Waals surface area contributed by atoms with E-state index in [-0.39, 0.29) is 6.61 Å². The highest BCUT2D eigenvalue weighted by Gasteiger charge is 2.09. The molecule has 0 fully saturated rings. The summed E-state index contributed by atoms with van der Waals surface area (Å²) in [7, 11) is 0. The first kappa shape index (κ1) is 10.4. The van der Waals surface area contributed by atoms with E-state index in [0.29, 0.717) is 23.8 Å². The van der Waals surface area contributed by atoms with Crippen LogP contribution in [-0.2, 0) is 6.61 Å². The van der Waals surface area contributed by atoms with Gasteiger partial charge in [0.1, 0.15) is 6.61 Å². The third-order valence-electron chi connectivity index (χ3n) is 1.85. The highest BCUT2D eigenvalue weighted by atomic mass is 79.9. The molecule has 5 nitrogen and oxygen atoms in total. The summed E-state index contributed by atoms with van der Waals surface area (Å²) in [5.41, 5.74) is 0.615. The second-order valence-corrected chi connectivity index (χ2v) is 3.83. The highest BCUT2D eigenvalue weighted by molar-refractivity contribution is 9.10. The van der Waals surface area contributed by atoms with Crippen LogP contribution in [0.2, 0.25) is 0 Å². The molecule has 0 bridgehead atoms. The Labute approximate surface area is 94.8 Å². The number of hydrogen-bond acceptors (Lipinski definition) is 4. The van der Waals surface area contributed by atoms with Crippen LogP contribution >= 0.6 is 15.9 Å². The average molecular weight is 272 g/mol. The summed E-state index contributed by atoms with van der Waals surface area (Å²) in [5.74, 6) is 1.04. The van der Waals surface area contributed by atoms with Gasteiger partial charge in [-0.05, 0) is 28.9 Å². The normalized spacial score (nSPS) is 10.9. The Bertz CT molecular complexity index is 483. The molecule has 2 heterocycles. The molecular weight excluding hydrogens is 262 g/mol. The van der Waals surface area contributed by atoms with Crippen LogP contribution in [0, 0.1) is 0 Å². The van der Waals surface area contributed by atoms with E-state index in [2.05, 4.69) is 26.0 Å². The Morgan fingerprint density at radius 2 is 2.40 bits per heavy atom. The Balaban J connectivity index is 2.61. The predicted octanol–water partition coefficient (Wildman–Crippen LogP) is 1.38. The van der Waals surface area contributed by atoms with Crippen molar-refractivity contribution in [2.75, 3.05) is 6.61 Å². The van der Waals surface area contributed by atoms with Crippen LogP contribution in [0.1, 0.15) is 12.7 Å². The second kappa shape index (κ2) is 4.16. The van der Waals surface area contributed by atoms with Crippen molar-refractivity contribution in [1.29, 1.82) is 0 Å². The smallest absolute Gasteiger partial charge is 0.198 e. The Morgan fingerprint density at radius 1 is 1.60 bits per heavy atom. The first-order chi connectivity index (χ1) is 7.24. The maximum absolute atomic E-state index is 8.94. The first-order valence-electron chi connectivity index (χ1n) is 4.53. The van der Waals surface area contributed by atoms with Gasteiger partial charge in [-0.25, -0.2) is 9.50 Å². The molecule has 0 spiro atoms. The monoisotopic (exact) mass is 271 g/mol. The van der Waals surface area contributed by atoms with E-state index in [0.717, 1.165) is 4.47 Å². The summed E-state index contributed by atoms with van der Waals surface area (Å²) >= 11 is 3.35. The predicted molar refractivity (Wildman–Crippen MR) is 57.8 cm³/mol. The lowest BCUT2D eigenvalue weighted by Gasteiger charge is -2.03. The fraction of sp³-hybridized carbons (Fsp3) is 0.333. The standard InChI is InChI=1S/C9H10BrN3O2/c1-2-15-7-3-6(10)4-13-9(7)11-8(5-14)12-13/h3-4,14H,2,5H2,1H3. The molecule has 0 aliphatic heterocycles. The largest absolute Gasteiger partial charge is 0.490 e. The van der Waals surface area contributed by atoms with Crippen molar-refractivity contribution in [1.82, 2.24) is 14.6 Å². The number of pyridine rings is 1. The fourth-order valence-electron chi connectivity index (χ4n) is 1.30. The van der Waals surface area contributed by atoms with Crippen LogP contribution in [0.25, 0.3) is 5.65 Å². The van der Waals surface area contributed by atoms with Gasteiger partial charge >= 0.3 is 0 Å². The van der Waals surface area contributed by atoms with Crippen molar-refractivity contribution in [2.24, 2.45) is 0 Å². The Kier molecular flexibility index (Phi) is 2.88. The molecule has 0 radical (unpaired) electrons. The lowest BCUT2D eigenvalue weighted by Crippen LogP contribution is -1.96. The number of rotatable bonds is 3. The summed E-state index contributed by atoms with van der Waals surface area (Å²) in [4.78, 5) is 4.15. The number of aliphatic hydroxyl groups excluding tert-OH is 1. The van der Waals surface area contributed by atoms with Crippen molar-refractivity contribution >= 4 is 21.6 Å². The molecule has 80 valence electrons. The third-order valence-corrected chi connectivity index (χ3v) is 2.29. The van der Waals surface area contributed by atoms with Crippen LogP contribution in [0.3, 0.4) is 0 Å². The van der Waals surface area contributed by atoms with Gasteiger partial charge in [0.15, 0.2) is 17.2 Å². The molecule has 0 saturated carbocycles. The molecule has 0 aliphatic rings. The molecule has 0 saturated heterocycles. The molecule has 0 aromatic carbocycles. The topological polar surface area (TPSA) is 59.7 Å². The fourth-order valence-corrected chi connectivity index (χ4v) is 1.70. The van der Waals surface area contributed by atoms with E-state index in [1.807, 2.05) is 13.0 Å². The van der Waals surface area contributed by atoms with Crippen molar-refractivity contribution in [3.05, 3.63) is 22.6 Å². The summed E-state index contributed by atoms with van der Waals surface area (Å²) in [6.45, 7) is 2.29. The van der Waals surface area contributed by atoms with Gasteiger partial charge in [0.25, 0.3) is 0 Å². The molecule has 0 amide bonds. The van der Waals surface area contributed by atoms with E-state index in [1.54, 1.807) is 10.7 Å². The maximum Gasteiger partial charge on any atom is 0.198 e. The summed E-state index contributed by atoms with van der Waals surface area (Å²) in [6, 6.07) is 1.83. The van der Waals surface area contributed by atoms with Gasteiger partial charge < -0.3 is 9.84 Å². The van der Waals surface area contributed by atoms with Crippen molar-refractivity contribution in [3.63, 3.8) is 0 Å². The minimum atomic E-state index is -0.176. The molecular formula is C9H10BrN3O2. The van der Waals surface area contributed by atoms with Crippen molar-refractivity contribution < 1.29 is 9.84 Å². The van der Waals surface area contributed by atoms with E-state index < -0.39 is 0 Å². The zero-order valence-electron chi connectivity index (χ0n) is 8.14. The molecule has 0 unspecified atom stereocenters. The van der Waals surface area contributed by atoms with Gasteiger partial charge in [0.05, 0.1) is 6.61 Å². The van der Waals surface area contributed by atoms with Crippen LogP contribution in [0.15, 0.2) is 16.7 Å². The molecule has 1 N–H and O–H groups in total. The molecule has 2 aromatic heterocycles. The van der Waals surface area contributed by atoms with E-state index in [1.165, 1.54) is 0 Å². The SMILES string of the molecule is CCOc1cc(Br)cn2nc(CO)nc12. The van der Waals surface area contributed by atoms with E-state index >= 15 is 0 Å². The maximum atomic E-state index is 8.94. The number of nitrogens with zero attached hydrogens (tertiary/aromatic N) is 3. The molecule has 0 atom stereocenters. The van der Waals surface area contributed by atoms with Gasteiger partial charge in [-0.2, -0.15) is 0 Å². The van der Waals surface area contributed by atoms with Crippen LogP contribution < -0.4 is 4.74 Å². The molecule has 0 aliphatic carbocycles. The number of hydrogen-bond donors (Lipinski definition) is 1. The number of fused-ring (bicyclic) bond motifs is 1. The second-order valence-electron chi connectivity index (χ2n) is 2.91. The van der Waals surface area contributed by atoms with Crippen LogP contribution in [0.4, 0.5) is 0 Å². The van der Waals surface area contributed by atoms with Gasteiger partial charge in [0.2, 0.25) is 0 Å². The zero-order valence-corrected chi connectivity index (χ0v) is 9.73. The Hall–Kier alpha value is -1.14. The number of halogens is 1. The van der Waals surface area contributed by atoms with Crippen molar-refractivity contribution in [3.8, 4) is 5.75 Å². The van der Waals surface area contributed by atoms with E-state index in [4.69, 9.17) is 9.84 Å². The quantitative estimate of drug-likeness (QED) is 0.917.